The zero-order valence-corrected chi connectivity index (χ0v) is 7.92. The molecule has 1 aliphatic rings. The molecule has 0 unspecified atom stereocenters. The zero-order valence-electron chi connectivity index (χ0n) is 6.35. The molecule has 10 heavy (non-hydrogen) atoms. The Morgan fingerprint density at radius 2 is 2.30 bits per heavy atom. The lowest BCUT2D eigenvalue weighted by molar-refractivity contribution is 0.285. The van der Waals surface area contributed by atoms with Gasteiger partial charge in [-0.3, -0.25) is 4.90 Å². The van der Waals surface area contributed by atoms with Crippen LogP contribution in [-0.2, 0) is 0 Å². The van der Waals surface area contributed by atoms with Crippen molar-refractivity contribution in [3.05, 3.63) is 0 Å². The third-order valence-corrected chi connectivity index (χ3v) is 2.23. The molecule has 3 heteroatoms. The van der Waals surface area contributed by atoms with Gasteiger partial charge in [-0.05, 0) is 26.3 Å². The van der Waals surface area contributed by atoms with Crippen LogP contribution in [-0.4, -0.2) is 29.9 Å². The summed E-state index contributed by atoms with van der Waals surface area (Å²) in [5.41, 5.74) is 0. The predicted molar refractivity (Wildman–Crippen MR) is 48.2 cm³/mol. The molecule has 1 fully saturated rings. The van der Waals surface area contributed by atoms with E-state index in [0.29, 0.717) is 0 Å². The smallest absolute Gasteiger partial charge is 0.0351 e. The van der Waals surface area contributed by atoms with Crippen LogP contribution in [0.4, 0.5) is 0 Å². The third-order valence-electron chi connectivity index (χ3n) is 2.06. The molecular weight excluding hydrogens is 169 g/mol. The first-order chi connectivity index (χ1) is 4.34. The average Bonchev–Trinajstić information content (AvgIpc) is 2.18. The van der Waals surface area contributed by atoms with Crippen LogP contribution in [0.3, 0.4) is 0 Å². The van der Waals surface area contributed by atoms with Crippen molar-refractivity contribution < 1.29 is 0 Å². The molecule has 62 valence electrons. The van der Waals surface area contributed by atoms with E-state index in [9.17, 15) is 0 Å². The van der Waals surface area contributed by atoms with E-state index < -0.39 is 0 Å². The summed E-state index contributed by atoms with van der Waals surface area (Å²) in [6.45, 7) is 4.61. The fourth-order valence-electron chi connectivity index (χ4n) is 1.43. The van der Waals surface area contributed by atoms with Crippen molar-refractivity contribution in [1.82, 2.24) is 4.90 Å². The molecule has 1 saturated heterocycles. The SMILES string of the molecule is C[C@H]1CCCN1CCCl.Cl. The molecule has 0 amide bonds. The standard InChI is InChI=1S/C7H14ClN.ClH/c1-7-3-2-5-9(7)6-4-8;/h7H,2-6H2,1H3;1H/t7-;/m0./s1. The molecule has 0 spiro atoms. The number of halogens is 2. The average molecular weight is 184 g/mol. The Morgan fingerprint density at radius 3 is 2.70 bits per heavy atom. The molecule has 0 radical (unpaired) electrons. The zero-order chi connectivity index (χ0) is 6.69. The highest BCUT2D eigenvalue weighted by Gasteiger charge is 2.18. The molecule has 0 saturated carbocycles. The second-order valence-electron chi connectivity index (χ2n) is 2.72. The van der Waals surface area contributed by atoms with Crippen molar-refractivity contribution in [2.75, 3.05) is 19.0 Å². The predicted octanol–water partition coefficient (Wildman–Crippen LogP) is 2.13. The van der Waals surface area contributed by atoms with E-state index in [0.717, 1.165) is 18.5 Å². The maximum atomic E-state index is 5.61. The van der Waals surface area contributed by atoms with Gasteiger partial charge in [-0.25, -0.2) is 0 Å². The van der Waals surface area contributed by atoms with Gasteiger partial charge in [-0.1, -0.05) is 0 Å². The summed E-state index contributed by atoms with van der Waals surface area (Å²) in [7, 11) is 0. The topological polar surface area (TPSA) is 3.24 Å². The van der Waals surface area contributed by atoms with Crippen LogP contribution in [0.1, 0.15) is 19.8 Å². The lowest BCUT2D eigenvalue weighted by atomic mass is 10.2. The molecule has 1 aliphatic heterocycles. The van der Waals surface area contributed by atoms with Gasteiger partial charge in [0, 0.05) is 18.5 Å². The van der Waals surface area contributed by atoms with Crippen molar-refractivity contribution in [2.24, 2.45) is 0 Å². The summed E-state index contributed by atoms with van der Waals surface area (Å²) in [5.74, 6) is 0.782. The first-order valence-electron chi connectivity index (χ1n) is 3.64. The first-order valence-corrected chi connectivity index (χ1v) is 4.18. The minimum Gasteiger partial charge on any atom is -0.299 e. The van der Waals surface area contributed by atoms with Gasteiger partial charge in [-0.2, -0.15) is 0 Å². The molecule has 0 aliphatic carbocycles. The summed E-state index contributed by atoms with van der Waals surface area (Å²) >= 11 is 5.61. The Kier molecular flexibility index (Phi) is 5.51. The van der Waals surface area contributed by atoms with E-state index in [1.54, 1.807) is 0 Å². The molecule has 1 atom stereocenters. The van der Waals surface area contributed by atoms with Crippen LogP contribution < -0.4 is 0 Å². The number of hydrogen-bond acceptors (Lipinski definition) is 1. The van der Waals surface area contributed by atoms with Gasteiger partial charge in [0.15, 0.2) is 0 Å². The minimum absolute atomic E-state index is 0. The minimum atomic E-state index is 0. The molecule has 0 aromatic rings. The molecule has 0 N–H and O–H groups in total. The van der Waals surface area contributed by atoms with Crippen molar-refractivity contribution >= 4 is 24.0 Å². The Labute approximate surface area is 74.1 Å². The van der Waals surface area contributed by atoms with Crippen LogP contribution in [0.5, 0.6) is 0 Å². The fraction of sp³-hybridized carbons (Fsp3) is 1.00. The fourth-order valence-corrected chi connectivity index (χ4v) is 1.65. The summed E-state index contributed by atoms with van der Waals surface area (Å²) in [4.78, 5) is 2.45. The molecule has 1 heterocycles. The Hall–Kier alpha value is 0.540. The van der Waals surface area contributed by atoms with Crippen LogP contribution in [0.25, 0.3) is 0 Å². The van der Waals surface area contributed by atoms with Gasteiger partial charge in [-0.15, -0.1) is 24.0 Å². The first kappa shape index (κ1) is 10.5. The Bertz CT molecular complexity index is 87.7. The maximum absolute atomic E-state index is 5.61. The van der Waals surface area contributed by atoms with E-state index in [-0.39, 0.29) is 12.4 Å². The highest BCUT2D eigenvalue weighted by Crippen LogP contribution is 2.15. The summed E-state index contributed by atoms with van der Waals surface area (Å²) in [5, 5.41) is 0. The molecule has 0 bridgehead atoms. The Morgan fingerprint density at radius 1 is 1.60 bits per heavy atom. The summed E-state index contributed by atoms with van der Waals surface area (Å²) < 4.78 is 0. The second kappa shape index (κ2) is 5.22. The number of rotatable bonds is 2. The lowest BCUT2D eigenvalue weighted by Crippen LogP contribution is -2.28. The van der Waals surface area contributed by atoms with Crippen molar-refractivity contribution in [2.45, 2.75) is 25.8 Å². The van der Waals surface area contributed by atoms with E-state index >= 15 is 0 Å². The molecule has 0 aromatic carbocycles. The van der Waals surface area contributed by atoms with E-state index in [1.807, 2.05) is 0 Å². The van der Waals surface area contributed by atoms with E-state index in [2.05, 4.69) is 11.8 Å². The van der Waals surface area contributed by atoms with Gasteiger partial charge in [0.2, 0.25) is 0 Å². The number of hydrogen-bond donors (Lipinski definition) is 0. The van der Waals surface area contributed by atoms with Gasteiger partial charge >= 0.3 is 0 Å². The van der Waals surface area contributed by atoms with Crippen LogP contribution in [0.2, 0.25) is 0 Å². The van der Waals surface area contributed by atoms with Crippen LogP contribution in [0, 0.1) is 0 Å². The van der Waals surface area contributed by atoms with Crippen molar-refractivity contribution in [1.29, 1.82) is 0 Å². The van der Waals surface area contributed by atoms with Crippen LogP contribution in [0.15, 0.2) is 0 Å². The number of likely N-dealkylation sites (tertiary alicyclic amines) is 1. The highest BCUT2D eigenvalue weighted by molar-refractivity contribution is 6.18. The molecule has 0 aromatic heterocycles. The Balaban J connectivity index is 0.000000810. The summed E-state index contributed by atoms with van der Waals surface area (Å²) in [6.07, 6.45) is 2.72. The van der Waals surface area contributed by atoms with E-state index in [1.165, 1.54) is 19.4 Å². The second-order valence-corrected chi connectivity index (χ2v) is 3.09. The van der Waals surface area contributed by atoms with E-state index in [4.69, 9.17) is 11.6 Å². The number of nitrogens with zero attached hydrogens (tertiary/aromatic N) is 1. The quantitative estimate of drug-likeness (QED) is 0.594. The largest absolute Gasteiger partial charge is 0.299 e. The number of alkyl halides is 1. The molecule has 1 rings (SSSR count). The van der Waals surface area contributed by atoms with Crippen molar-refractivity contribution in [3.8, 4) is 0 Å². The third kappa shape index (κ3) is 2.65. The van der Waals surface area contributed by atoms with Gasteiger partial charge in [0.25, 0.3) is 0 Å². The van der Waals surface area contributed by atoms with Gasteiger partial charge in [0.05, 0.1) is 0 Å². The van der Waals surface area contributed by atoms with Gasteiger partial charge in [0.1, 0.15) is 0 Å². The van der Waals surface area contributed by atoms with Crippen LogP contribution >= 0.6 is 24.0 Å². The highest BCUT2D eigenvalue weighted by atomic mass is 35.5. The van der Waals surface area contributed by atoms with Crippen molar-refractivity contribution in [3.63, 3.8) is 0 Å². The lowest BCUT2D eigenvalue weighted by Gasteiger charge is -2.18. The normalized spacial score (nSPS) is 26.4. The monoisotopic (exact) mass is 183 g/mol. The molecule has 1 nitrogen and oxygen atoms in total. The maximum Gasteiger partial charge on any atom is 0.0351 e. The summed E-state index contributed by atoms with van der Waals surface area (Å²) in [6, 6.07) is 0.781. The van der Waals surface area contributed by atoms with Gasteiger partial charge < -0.3 is 0 Å². The molecular formula is C7H15Cl2N.